The molecular weight excluding hydrogens is 236 g/mol. The first kappa shape index (κ1) is 11.2. The van der Waals surface area contributed by atoms with Crippen LogP contribution in [0.15, 0.2) is 24.3 Å². The van der Waals surface area contributed by atoms with Crippen LogP contribution >= 0.6 is 0 Å². The SMILES string of the molecule is CO[C@]1(C)OCc2c1[n+](=O)c1ccccc1n2[O-]. The van der Waals surface area contributed by atoms with Crippen LogP contribution in [0.1, 0.15) is 18.3 Å². The molecule has 94 valence electrons. The van der Waals surface area contributed by atoms with E-state index in [1.54, 1.807) is 31.2 Å². The second-order valence-electron chi connectivity index (χ2n) is 4.31. The highest BCUT2D eigenvalue weighted by atomic mass is 16.7. The van der Waals surface area contributed by atoms with E-state index in [1.807, 2.05) is 0 Å². The lowest BCUT2D eigenvalue weighted by Crippen LogP contribution is -2.36. The Bertz CT molecular complexity index is 694. The molecule has 18 heavy (non-hydrogen) atoms. The van der Waals surface area contributed by atoms with Gasteiger partial charge in [0.1, 0.15) is 11.2 Å². The third-order valence-corrected chi connectivity index (χ3v) is 3.34. The Kier molecular flexibility index (Phi) is 2.20. The van der Waals surface area contributed by atoms with Crippen molar-refractivity contribution in [2.45, 2.75) is 19.3 Å². The van der Waals surface area contributed by atoms with Gasteiger partial charge < -0.3 is 19.4 Å². The monoisotopic (exact) mass is 248 g/mol. The van der Waals surface area contributed by atoms with Crippen molar-refractivity contribution < 1.29 is 13.9 Å². The maximum absolute atomic E-state index is 12.4. The van der Waals surface area contributed by atoms with E-state index in [1.165, 1.54) is 7.11 Å². The highest BCUT2D eigenvalue weighted by Gasteiger charge is 2.47. The lowest BCUT2D eigenvalue weighted by atomic mass is 10.2. The van der Waals surface area contributed by atoms with Gasteiger partial charge in [-0.2, -0.15) is 0 Å². The summed E-state index contributed by atoms with van der Waals surface area (Å²) in [4.78, 5) is 12.4. The van der Waals surface area contributed by atoms with Crippen molar-refractivity contribution in [1.29, 1.82) is 0 Å². The standard InChI is InChI=1S/C12H12N2O4/c1-12(17-2)11-10(7-18-12)13(15)8-5-3-4-6-9(8)14(11)16/h3-6H,7H2,1-2H3/t12-/m1/s1. The Morgan fingerprint density at radius 2 is 2.22 bits per heavy atom. The van der Waals surface area contributed by atoms with Gasteiger partial charge in [0.25, 0.3) is 11.3 Å². The molecule has 1 aromatic carbocycles. The number of para-hydroxylation sites is 2. The number of aromatic nitrogens is 2. The Balaban J connectivity index is 2.48. The summed E-state index contributed by atoms with van der Waals surface area (Å²) >= 11 is 0. The van der Waals surface area contributed by atoms with Crippen molar-refractivity contribution >= 4 is 11.0 Å². The van der Waals surface area contributed by atoms with Crippen molar-refractivity contribution in [3.63, 3.8) is 0 Å². The number of methoxy groups -OCH3 is 1. The minimum absolute atomic E-state index is 0.0657. The van der Waals surface area contributed by atoms with E-state index in [0.717, 1.165) is 9.16 Å². The van der Waals surface area contributed by atoms with E-state index in [-0.39, 0.29) is 12.3 Å². The van der Waals surface area contributed by atoms with Gasteiger partial charge in [-0.1, -0.05) is 12.1 Å². The molecule has 6 heteroatoms. The van der Waals surface area contributed by atoms with E-state index in [2.05, 4.69) is 0 Å². The summed E-state index contributed by atoms with van der Waals surface area (Å²) in [6.45, 7) is 1.69. The third-order valence-electron chi connectivity index (χ3n) is 3.34. The van der Waals surface area contributed by atoms with Gasteiger partial charge in [-0.25, -0.2) is 0 Å². The molecule has 0 amide bonds. The van der Waals surface area contributed by atoms with Crippen LogP contribution in [0.4, 0.5) is 0 Å². The molecular formula is C12H12N2O4. The molecule has 0 aliphatic carbocycles. The first-order valence-corrected chi connectivity index (χ1v) is 5.55. The lowest BCUT2D eigenvalue weighted by Gasteiger charge is -2.18. The smallest absolute Gasteiger partial charge is 0.320 e. The minimum Gasteiger partial charge on any atom is -0.805 e. The summed E-state index contributed by atoms with van der Waals surface area (Å²) in [6, 6.07) is 6.64. The van der Waals surface area contributed by atoms with Crippen molar-refractivity contribution in [2.75, 3.05) is 7.11 Å². The number of hydrogen-bond acceptors (Lipinski definition) is 4. The molecule has 0 bridgehead atoms. The number of benzene rings is 1. The first-order chi connectivity index (χ1) is 8.58. The summed E-state index contributed by atoms with van der Waals surface area (Å²) in [5.41, 5.74) is 1.15. The highest BCUT2D eigenvalue weighted by molar-refractivity contribution is 5.72. The molecule has 2 heterocycles. The molecule has 1 aliphatic heterocycles. The molecule has 0 radical (unpaired) electrons. The van der Waals surface area contributed by atoms with Gasteiger partial charge in [0.15, 0.2) is 0 Å². The Morgan fingerprint density at radius 1 is 1.50 bits per heavy atom. The topological polar surface area (TPSA) is 69.4 Å². The number of nitrogens with zero attached hydrogens (tertiary/aromatic N) is 2. The number of hydrogen-bond donors (Lipinski definition) is 0. The fourth-order valence-electron chi connectivity index (χ4n) is 2.29. The van der Waals surface area contributed by atoms with Gasteiger partial charge >= 0.3 is 5.69 Å². The normalized spacial score (nSPS) is 22.3. The van der Waals surface area contributed by atoms with Crippen LogP contribution in [-0.2, 0) is 21.9 Å². The molecule has 0 spiro atoms. The molecule has 0 fully saturated rings. The Hall–Kier alpha value is -1.92. The summed E-state index contributed by atoms with van der Waals surface area (Å²) < 4.78 is 12.1. The van der Waals surface area contributed by atoms with Gasteiger partial charge in [0, 0.05) is 25.0 Å². The predicted molar refractivity (Wildman–Crippen MR) is 63.2 cm³/mol. The zero-order chi connectivity index (χ0) is 12.9. The van der Waals surface area contributed by atoms with Gasteiger partial charge in [-0.05, 0) is 6.07 Å². The molecule has 3 rings (SSSR count). The zero-order valence-electron chi connectivity index (χ0n) is 10.0. The van der Waals surface area contributed by atoms with Crippen LogP contribution in [0.25, 0.3) is 11.0 Å². The van der Waals surface area contributed by atoms with Crippen LogP contribution in [0.2, 0.25) is 0 Å². The summed E-state index contributed by atoms with van der Waals surface area (Å²) in [5, 5.41) is 12.2. The van der Waals surface area contributed by atoms with Crippen LogP contribution in [-0.4, -0.2) is 11.8 Å². The van der Waals surface area contributed by atoms with E-state index in [9.17, 15) is 10.1 Å². The third kappa shape index (κ3) is 1.24. The van der Waals surface area contributed by atoms with Crippen LogP contribution < -0.4 is 4.43 Å². The van der Waals surface area contributed by atoms with Crippen LogP contribution in [0.3, 0.4) is 0 Å². The van der Waals surface area contributed by atoms with Gasteiger partial charge in [0.2, 0.25) is 0 Å². The molecule has 6 nitrogen and oxygen atoms in total. The second kappa shape index (κ2) is 3.54. The highest BCUT2D eigenvalue weighted by Crippen LogP contribution is 2.34. The number of fused-ring (bicyclic) bond motifs is 2. The summed E-state index contributed by atoms with van der Waals surface area (Å²) in [6.07, 6.45) is 0. The number of rotatable bonds is 1. The van der Waals surface area contributed by atoms with Crippen molar-refractivity contribution in [3.8, 4) is 0 Å². The van der Waals surface area contributed by atoms with Crippen molar-refractivity contribution in [1.82, 2.24) is 4.73 Å². The fraction of sp³-hybridized carbons (Fsp3) is 0.333. The quantitative estimate of drug-likeness (QED) is 0.712. The minimum atomic E-state index is -1.17. The molecule has 1 aromatic heterocycles. The van der Waals surface area contributed by atoms with E-state index in [4.69, 9.17) is 9.47 Å². The maximum Gasteiger partial charge on any atom is 0.320 e. The Labute approximate surface area is 103 Å². The van der Waals surface area contributed by atoms with Gasteiger partial charge in [0.05, 0.1) is 11.0 Å². The molecule has 0 saturated carbocycles. The molecule has 0 unspecified atom stereocenters. The molecule has 2 aromatic rings. The predicted octanol–water partition coefficient (Wildman–Crippen LogP) is 1.25. The summed E-state index contributed by atoms with van der Waals surface area (Å²) in [5.74, 6) is -1.17. The number of ether oxygens (including phenoxy) is 2. The van der Waals surface area contributed by atoms with Crippen LogP contribution in [0.5, 0.6) is 0 Å². The first-order valence-electron chi connectivity index (χ1n) is 5.55. The van der Waals surface area contributed by atoms with Crippen LogP contribution in [0, 0.1) is 10.1 Å². The second-order valence-corrected chi connectivity index (χ2v) is 4.31. The molecule has 1 aliphatic rings. The average Bonchev–Trinajstić information content (AvgIpc) is 2.75. The van der Waals surface area contributed by atoms with E-state index >= 15 is 0 Å². The van der Waals surface area contributed by atoms with Crippen molar-refractivity contribution in [3.05, 3.63) is 45.8 Å². The van der Waals surface area contributed by atoms with Gasteiger partial charge in [-0.15, -0.1) is 0 Å². The maximum atomic E-state index is 12.4. The van der Waals surface area contributed by atoms with E-state index in [0.29, 0.717) is 16.7 Å². The largest absolute Gasteiger partial charge is 0.805 e. The Morgan fingerprint density at radius 3 is 2.94 bits per heavy atom. The molecule has 0 N–H and O–H groups in total. The zero-order valence-corrected chi connectivity index (χ0v) is 10.0. The van der Waals surface area contributed by atoms with Gasteiger partial charge in [-0.3, -0.25) is 0 Å². The molecule has 0 saturated heterocycles. The summed E-state index contributed by atoms with van der Waals surface area (Å²) in [7, 11) is 1.44. The fourth-order valence-corrected chi connectivity index (χ4v) is 2.29. The van der Waals surface area contributed by atoms with Crippen molar-refractivity contribution in [2.24, 2.45) is 0 Å². The average molecular weight is 248 g/mol. The van der Waals surface area contributed by atoms with E-state index < -0.39 is 5.79 Å². The molecule has 1 atom stereocenters. The lowest BCUT2D eigenvalue weighted by molar-refractivity contribution is -0.497.